The average molecular weight is 212 g/mol. The summed E-state index contributed by atoms with van der Waals surface area (Å²) in [6.45, 7) is 0. The Morgan fingerprint density at radius 2 is 1.69 bits per heavy atom. The maximum absolute atomic E-state index is 12.1. The van der Waals surface area contributed by atoms with E-state index in [9.17, 15) is 8.78 Å². The van der Waals surface area contributed by atoms with Gasteiger partial charge in [-0.1, -0.05) is 0 Å². The minimum Gasteiger partial charge on any atom is -0.311 e. The Kier molecular flexibility index (Phi) is 3.92. The molecule has 2 saturated heterocycles. The first kappa shape index (κ1) is 11.2. The zero-order chi connectivity index (χ0) is 8.55. The highest BCUT2D eigenvalue weighted by Gasteiger charge is 2.34. The molecule has 0 aromatic carbocycles. The first-order valence-corrected chi connectivity index (χ1v) is 4.78. The van der Waals surface area contributed by atoms with Crippen LogP contribution in [0.1, 0.15) is 32.1 Å². The fraction of sp³-hybridized carbons (Fsp3) is 1.00. The van der Waals surface area contributed by atoms with E-state index in [1.165, 1.54) is 12.8 Å². The van der Waals surface area contributed by atoms with E-state index in [1.807, 2.05) is 0 Å². The predicted molar refractivity (Wildman–Crippen MR) is 50.5 cm³/mol. The summed E-state index contributed by atoms with van der Waals surface area (Å²) in [4.78, 5) is 0. The quantitative estimate of drug-likeness (QED) is 0.741. The Balaban J connectivity index is 0.000000845. The van der Waals surface area contributed by atoms with E-state index in [0.717, 1.165) is 12.8 Å². The van der Waals surface area contributed by atoms with Crippen molar-refractivity contribution in [2.75, 3.05) is 0 Å². The number of hydrogen-bond donors (Lipinski definition) is 1. The molecule has 2 fully saturated rings. The van der Waals surface area contributed by atoms with Crippen LogP contribution in [0.25, 0.3) is 0 Å². The molecule has 1 N–H and O–H groups in total. The van der Waals surface area contributed by atoms with Gasteiger partial charge in [-0.3, -0.25) is 0 Å². The summed E-state index contributed by atoms with van der Waals surface area (Å²) in [6, 6.07) is 1.10. The van der Waals surface area contributed by atoms with Crippen molar-refractivity contribution in [1.82, 2.24) is 5.32 Å². The van der Waals surface area contributed by atoms with Gasteiger partial charge >= 0.3 is 0 Å². The highest BCUT2D eigenvalue weighted by atomic mass is 35.5. The number of fused-ring (bicyclic) bond motifs is 2. The van der Waals surface area contributed by atoms with Gasteiger partial charge in [-0.25, -0.2) is 8.78 Å². The van der Waals surface area contributed by atoms with Crippen molar-refractivity contribution in [3.05, 3.63) is 0 Å². The number of piperidine rings is 1. The third-order valence-corrected chi connectivity index (χ3v) is 3.08. The number of rotatable bonds is 2. The van der Waals surface area contributed by atoms with Gasteiger partial charge in [-0.2, -0.15) is 0 Å². The van der Waals surface area contributed by atoms with E-state index in [2.05, 4.69) is 5.32 Å². The van der Waals surface area contributed by atoms with Crippen molar-refractivity contribution in [1.29, 1.82) is 0 Å². The van der Waals surface area contributed by atoms with Crippen molar-refractivity contribution in [3.63, 3.8) is 0 Å². The minimum absolute atomic E-state index is 0. The average Bonchev–Trinajstić information content (AvgIpc) is 2.29. The summed E-state index contributed by atoms with van der Waals surface area (Å²) in [7, 11) is 0. The second-order valence-electron chi connectivity index (χ2n) is 4.10. The second kappa shape index (κ2) is 4.56. The van der Waals surface area contributed by atoms with Gasteiger partial charge in [0.05, 0.1) is 0 Å². The molecule has 13 heavy (non-hydrogen) atoms. The Morgan fingerprint density at radius 3 is 2.15 bits per heavy atom. The van der Waals surface area contributed by atoms with Crippen molar-refractivity contribution >= 4 is 12.4 Å². The normalized spacial score (nSPS) is 37.6. The van der Waals surface area contributed by atoms with Crippen molar-refractivity contribution in [2.45, 2.75) is 50.6 Å². The molecule has 0 saturated carbocycles. The van der Waals surface area contributed by atoms with Gasteiger partial charge in [-0.15, -0.1) is 12.4 Å². The molecule has 2 aliphatic heterocycles. The monoisotopic (exact) mass is 211 g/mol. The van der Waals surface area contributed by atoms with Crippen LogP contribution >= 0.6 is 12.4 Å². The lowest BCUT2D eigenvalue weighted by atomic mass is 9.90. The predicted octanol–water partition coefficient (Wildman–Crippen LogP) is 2.59. The third kappa shape index (κ3) is 2.78. The summed E-state index contributed by atoms with van der Waals surface area (Å²) in [5.74, 6) is 0.281. The Labute approximate surface area is 83.7 Å². The van der Waals surface area contributed by atoms with Crippen LogP contribution in [0, 0.1) is 5.92 Å². The zero-order valence-electron chi connectivity index (χ0n) is 7.51. The van der Waals surface area contributed by atoms with Crippen LogP contribution in [0.4, 0.5) is 8.78 Å². The van der Waals surface area contributed by atoms with Gasteiger partial charge in [0.25, 0.3) is 0 Å². The van der Waals surface area contributed by atoms with E-state index in [1.54, 1.807) is 0 Å². The van der Waals surface area contributed by atoms with Crippen LogP contribution in [-0.2, 0) is 0 Å². The number of hydrogen-bond acceptors (Lipinski definition) is 1. The Bertz CT molecular complexity index is 154. The van der Waals surface area contributed by atoms with Crippen LogP contribution < -0.4 is 5.32 Å². The molecule has 0 spiro atoms. The second-order valence-corrected chi connectivity index (χ2v) is 4.10. The van der Waals surface area contributed by atoms with Gasteiger partial charge in [0.2, 0.25) is 6.43 Å². The SMILES string of the molecule is Cl.FC(F)CC1CC2CCC(C1)N2. The van der Waals surface area contributed by atoms with Crippen LogP contribution in [-0.4, -0.2) is 18.5 Å². The molecule has 2 aliphatic rings. The van der Waals surface area contributed by atoms with Gasteiger partial charge in [0.15, 0.2) is 0 Å². The van der Waals surface area contributed by atoms with Crippen molar-refractivity contribution in [3.8, 4) is 0 Å². The molecular weight excluding hydrogens is 196 g/mol. The fourth-order valence-corrected chi connectivity index (χ4v) is 2.62. The van der Waals surface area contributed by atoms with Gasteiger partial charge in [-0.05, 0) is 31.6 Å². The summed E-state index contributed by atoms with van der Waals surface area (Å²) >= 11 is 0. The summed E-state index contributed by atoms with van der Waals surface area (Å²) in [6.07, 6.45) is 2.36. The Morgan fingerprint density at radius 1 is 1.15 bits per heavy atom. The topological polar surface area (TPSA) is 12.0 Å². The molecule has 0 radical (unpaired) electrons. The molecule has 1 nitrogen and oxygen atoms in total. The van der Waals surface area contributed by atoms with E-state index in [0.29, 0.717) is 12.1 Å². The molecule has 2 rings (SSSR count). The molecule has 78 valence electrons. The maximum Gasteiger partial charge on any atom is 0.238 e. The summed E-state index contributed by atoms with van der Waals surface area (Å²) in [5.41, 5.74) is 0. The molecule has 2 bridgehead atoms. The number of halogens is 3. The minimum atomic E-state index is -2.10. The fourth-order valence-electron chi connectivity index (χ4n) is 2.62. The van der Waals surface area contributed by atoms with Crippen LogP contribution in [0.2, 0.25) is 0 Å². The molecular formula is C9H16ClF2N. The third-order valence-electron chi connectivity index (χ3n) is 3.08. The first-order chi connectivity index (χ1) is 5.74. The maximum atomic E-state index is 12.1. The standard InChI is InChI=1S/C9H15F2N.ClH/c10-9(11)5-6-3-7-1-2-8(4-6)12-7;/h6-9,12H,1-5H2;1H. The van der Waals surface area contributed by atoms with Crippen LogP contribution in [0.15, 0.2) is 0 Å². The molecule has 0 amide bonds. The lowest BCUT2D eigenvalue weighted by Gasteiger charge is -2.28. The van der Waals surface area contributed by atoms with E-state index in [4.69, 9.17) is 0 Å². The zero-order valence-corrected chi connectivity index (χ0v) is 8.33. The van der Waals surface area contributed by atoms with Gasteiger partial charge in [0, 0.05) is 18.5 Å². The van der Waals surface area contributed by atoms with Crippen LogP contribution in [0.5, 0.6) is 0 Å². The highest BCUT2D eigenvalue weighted by Crippen LogP contribution is 2.33. The highest BCUT2D eigenvalue weighted by molar-refractivity contribution is 5.85. The molecule has 0 aliphatic carbocycles. The molecule has 2 unspecified atom stereocenters. The molecule has 0 aromatic heterocycles. The lowest BCUT2D eigenvalue weighted by Crippen LogP contribution is -2.38. The molecule has 2 heterocycles. The van der Waals surface area contributed by atoms with Gasteiger partial charge < -0.3 is 5.32 Å². The Hall–Kier alpha value is 0.110. The van der Waals surface area contributed by atoms with Crippen LogP contribution in [0.3, 0.4) is 0 Å². The summed E-state index contributed by atoms with van der Waals surface area (Å²) in [5, 5.41) is 3.45. The van der Waals surface area contributed by atoms with E-state index in [-0.39, 0.29) is 24.7 Å². The molecule has 0 aromatic rings. The van der Waals surface area contributed by atoms with Crippen molar-refractivity contribution < 1.29 is 8.78 Å². The number of nitrogens with one attached hydrogen (secondary N) is 1. The van der Waals surface area contributed by atoms with E-state index < -0.39 is 6.43 Å². The molecule has 2 atom stereocenters. The number of alkyl halides is 2. The summed E-state index contributed by atoms with van der Waals surface area (Å²) < 4.78 is 24.1. The van der Waals surface area contributed by atoms with Crippen molar-refractivity contribution in [2.24, 2.45) is 5.92 Å². The smallest absolute Gasteiger partial charge is 0.238 e. The first-order valence-electron chi connectivity index (χ1n) is 4.78. The van der Waals surface area contributed by atoms with Gasteiger partial charge in [0.1, 0.15) is 0 Å². The largest absolute Gasteiger partial charge is 0.311 e. The van der Waals surface area contributed by atoms with E-state index >= 15 is 0 Å². The molecule has 4 heteroatoms. The lowest BCUT2D eigenvalue weighted by molar-refractivity contribution is 0.0993.